The third-order valence-corrected chi connectivity index (χ3v) is 3.27. The lowest BCUT2D eigenvalue weighted by atomic mass is 10.1. The van der Waals surface area contributed by atoms with Crippen molar-refractivity contribution < 1.29 is 4.74 Å². The van der Waals surface area contributed by atoms with Gasteiger partial charge in [-0.2, -0.15) is 15.1 Å². The van der Waals surface area contributed by atoms with E-state index in [-0.39, 0.29) is 6.04 Å². The summed E-state index contributed by atoms with van der Waals surface area (Å²) < 4.78 is 5.56. The van der Waals surface area contributed by atoms with E-state index in [1.54, 1.807) is 6.20 Å². The third kappa shape index (κ3) is 3.81. The molecule has 7 heteroatoms. The fourth-order valence-corrected chi connectivity index (χ4v) is 2.00. The molecule has 2 rings (SSSR count). The van der Waals surface area contributed by atoms with Crippen LogP contribution in [0.1, 0.15) is 27.7 Å². The van der Waals surface area contributed by atoms with Crippen molar-refractivity contribution in [1.29, 1.82) is 0 Å². The molecular weight excluding hydrogens is 268 g/mol. The van der Waals surface area contributed by atoms with Crippen LogP contribution in [-0.4, -0.2) is 46.0 Å². The van der Waals surface area contributed by atoms with Crippen molar-refractivity contribution in [1.82, 2.24) is 20.2 Å². The maximum absolute atomic E-state index is 5.56. The predicted molar refractivity (Wildman–Crippen MR) is 84.6 cm³/mol. The quantitative estimate of drug-likeness (QED) is 0.691. The molecule has 0 saturated heterocycles. The van der Waals surface area contributed by atoms with E-state index < -0.39 is 0 Å². The topological polar surface area (TPSA) is 87.8 Å². The van der Waals surface area contributed by atoms with Gasteiger partial charge in [-0.3, -0.25) is 5.10 Å². The number of ether oxygens (including phenoxy) is 1. The maximum atomic E-state index is 5.56. The van der Waals surface area contributed by atoms with Crippen LogP contribution in [0, 0.1) is 5.92 Å². The first-order valence-corrected chi connectivity index (χ1v) is 7.44. The number of H-pyrrole nitrogens is 1. The van der Waals surface area contributed by atoms with Gasteiger partial charge in [-0.25, -0.2) is 0 Å². The van der Waals surface area contributed by atoms with Gasteiger partial charge in [0.1, 0.15) is 5.82 Å². The van der Waals surface area contributed by atoms with Crippen LogP contribution in [-0.2, 0) is 4.74 Å². The van der Waals surface area contributed by atoms with Gasteiger partial charge < -0.3 is 15.4 Å². The number of fused-ring (bicyclic) bond motifs is 1. The van der Waals surface area contributed by atoms with Gasteiger partial charge in [0.25, 0.3) is 0 Å². The Morgan fingerprint density at radius 1 is 1.29 bits per heavy atom. The molecule has 0 aliphatic heterocycles. The number of rotatable bonds is 8. The number of aromatic nitrogens is 4. The molecule has 0 spiro atoms. The van der Waals surface area contributed by atoms with E-state index in [1.807, 2.05) is 13.8 Å². The first-order chi connectivity index (χ1) is 10.2. The highest BCUT2D eigenvalue weighted by Gasteiger charge is 2.17. The van der Waals surface area contributed by atoms with Gasteiger partial charge in [0.2, 0.25) is 5.95 Å². The molecule has 2 aromatic heterocycles. The summed E-state index contributed by atoms with van der Waals surface area (Å²) in [5, 5.41) is 14.4. The van der Waals surface area contributed by atoms with Gasteiger partial charge in [0.05, 0.1) is 24.2 Å². The van der Waals surface area contributed by atoms with E-state index in [2.05, 4.69) is 44.6 Å². The van der Waals surface area contributed by atoms with Crippen LogP contribution in [0.4, 0.5) is 11.8 Å². The van der Waals surface area contributed by atoms with Crippen LogP contribution < -0.4 is 10.6 Å². The van der Waals surface area contributed by atoms with Crippen molar-refractivity contribution in [2.75, 3.05) is 30.4 Å². The van der Waals surface area contributed by atoms with Crippen LogP contribution in [0.2, 0.25) is 0 Å². The minimum atomic E-state index is 0.187. The fraction of sp³-hybridized carbons (Fsp3) is 0.643. The highest BCUT2D eigenvalue weighted by atomic mass is 16.5. The van der Waals surface area contributed by atoms with Crippen molar-refractivity contribution in [3.8, 4) is 0 Å². The molecule has 0 amide bonds. The Kier molecular flexibility index (Phi) is 5.32. The van der Waals surface area contributed by atoms with Crippen molar-refractivity contribution >= 4 is 22.8 Å². The highest BCUT2D eigenvalue weighted by Crippen LogP contribution is 2.22. The van der Waals surface area contributed by atoms with Crippen LogP contribution >= 0.6 is 0 Å². The van der Waals surface area contributed by atoms with Crippen molar-refractivity contribution in [3.05, 3.63) is 6.20 Å². The van der Waals surface area contributed by atoms with Gasteiger partial charge in [-0.05, 0) is 19.8 Å². The Balaban J connectivity index is 2.27. The third-order valence-electron chi connectivity index (χ3n) is 3.27. The molecule has 0 aliphatic rings. The second-order valence-corrected chi connectivity index (χ2v) is 5.21. The summed E-state index contributed by atoms with van der Waals surface area (Å²) in [6, 6.07) is 0.187. The largest absolute Gasteiger partial charge is 0.380 e. The van der Waals surface area contributed by atoms with Gasteiger partial charge in [-0.15, -0.1) is 0 Å². The molecule has 116 valence electrons. The lowest BCUT2D eigenvalue weighted by molar-refractivity contribution is 0.126. The standard InChI is InChI=1S/C14H24N6O/c1-5-15-14-18-12(10-7-16-20-13(10)19-14)17-11(9(3)4)8-21-6-2/h7,9,11H,5-6,8H2,1-4H3,(H3,15,16,17,18,19,20). The van der Waals surface area contributed by atoms with Crippen molar-refractivity contribution in [3.63, 3.8) is 0 Å². The molecule has 0 bridgehead atoms. The maximum Gasteiger partial charge on any atom is 0.226 e. The zero-order chi connectivity index (χ0) is 15.2. The lowest BCUT2D eigenvalue weighted by Gasteiger charge is -2.23. The molecule has 2 aromatic rings. The Bertz CT molecular complexity index is 568. The zero-order valence-corrected chi connectivity index (χ0v) is 13.1. The van der Waals surface area contributed by atoms with Crippen molar-refractivity contribution in [2.24, 2.45) is 5.92 Å². The Morgan fingerprint density at radius 2 is 2.10 bits per heavy atom. The van der Waals surface area contributed by atoms with E-state index in [0.29, 0.717) is 25.1 Å². The number of hydrogen-bond donors (Lipinski definition) is 3. The summed E-state index contributed by atoms with van der Waals surface area (Å²) in [5.74, 6) is 1.80. The molecule has 0 saturated carbocycles. The number of nitrogens with zero attached hydrogens (tertiary/aromatic N) is 3. The summed E-state index contributed by atoms with van der Waals surface area (Å²) in [6.07, 6.45) is 1.74. The lowest BCUT2D eigenvalue weighted by Crippen LogP contribution is -2.31. The zero-order valence-electron chi connectivity index (χ0n) is 13.1. The minimum absolute atomic E-state index is 0.187. The number of hydrogen-bond acceptors (Lipinski definition) is 6. The summed E-state index contributed by atoms with van der Waals surface area (Å²) in [7, 11) is 0. The summed E-state index contributed by atoms with van der Waals surface area (Å²) >= 11 is 0. The van der Waals surface area contributed by atoms with Crippen LogP contribution in [0.3, 0.4) is 0 Å². The van der Waals surface area contributed by atoms with Gasteiger partial charge in [0, 0.05) is 13.2 Å². The number of nitrogens with one attached hydrogen (secondary N) is 3. The van der Waals surface area contributed by atoms with Crippen LogP contribution in [0.15, 0.2) is 6.20 Å². The summed E-state index contributed by atoms with van der Waals surface area (Å²) in [6.45, 7) is 10.5. The van der Waals surface area contributed by atoms with Crippen LogP contribution in [0.5, 0.6) is 0 Å². The first kappa shape index (κ1) is 15.5. The monoisotopic (exact) mass is 292 g/mol. The molecule has 21 heavy (non-hydrogen) atoms. The molecule has 3 N–H and O–H groups in total. The van der Waals surface area contributed by atoms with Crippen LogP contribution in [0.25, 0.3) is 11.0 Å². The molecule has 7 nitrogen and oxygen atoms in total. The molecule has 0 radical (unpaired) electrons. The molecule has 1 unspecified atom stereocenters. The van der Waals surface area contributed by atoms with E-state index >= 15 is 0 Å². The Hall–Kier alpha value is -1.89. The first-order valence-electron chi connectivity index (χ1n) is 7.44. The molecule has 0 aliphatic carbocycles. The summed E-state index contributed by atoms with van der Waals surface area (Å²) in [4.78, 5) is 8.93. The average molecular weight is 292 g/mol. The van der Waals surface area contributed by atoms with E-state index in [4.69, 9.17) is 4.74 Å². The molecule has 1 atom stereocenters. The minimum Gasteiger partial charge on any atom is -0.380 e. The fourth-order valence-electron chi connectivity index (χ4n) is 2.00. The number of anilines is 2. The smallest absolute Gasteiger partial charge is 0.226 e. The molecular formula is C14H24N6O. The van der Waals surface area contributed by atoms with Crippen molar-refractivity contribution in [2.45, 2.75) is 33.7 Å². The summed E-state index contributed by atoms with van der Waals surface area (Å²) in [5.41, 5.74) is 0.724. The Labute approximate surface area is 124 Å². The number of aromatic amines is 1. The molecule has 0 aromatic carbocycles. The van der Waals surface area contributed by atoms with Gasteiger partial charge in [0.15, 0.2) is 5.65 Å². The van der Waals surface area contributed by atoms with E-state index in [9.17, 15) is 0 Å². The van der Waals surface area contributed by atoms with E-state index in [0.717, 1.165) is 23.4 Å². The van der Waals surface area contributed by atoms with Gasteiger partial charge >= 0.3 is 0 Å². The molecule has 2 heterocycles. The predicted octanol–water partition coefficient (Wildman–Crippen LogP) is 2.26. The molecule has 0 fully saturated rings. The highest BCUT2D eigenvalue weighted by molar-refractivity contribution is 5.87. The Morgan fingerprint density at radius 3 is 2.76 bits per heavy atom. The average Bonchev–Trinajstić information content (AvgIpc) is 2.91. The SMILES string of the molecule is CCNc1nc(NC(COCC)C(C)C)c2cn[nH]c2n1. The second-order valence-electron chi connectivity index (χ2n) is 5.21. The van der Waals surface area contributed by atoms with Gasteiger partial charge in [-0.1, -0.05) is 13.8 Å². The second kappa shape index (κ2) is 7.21. The van der Waals surface area contributed by atoms with E-state index in [1.165, 1.54) is 0 Å². The normalized spacial score (nSPS) is 12.8.